The highest BCUT2D eigenvalue weighted by atomic mass is 35.5. The normalized spacial score (nSPS) is 16.7. The minimum atomic E-state index is -0.0386. The summed E-state index contributed by atoms with van der Waals surface area (Å²) < 4.78 is 5.66. The zero-order valence-corrected chi connectivity index (χ0v) is 18.0. The predicted molar refractivity (Wildman–Crippen MR) is 116 cm³/mol. The number of nitrogens with zero attached hydrogens (tertiary/aromatic N) is 3. The molecule has 1 unspecified atom stereocenters. The number of aromatic nitrogens is 2. The molecular weight excluding hydrogens is 408 g/mol. The molecule has 1 saturated heterocycles. The molecule has 0 saturated carbocycles. The number of amides is 1. The Labute approximate surface area is 180 Å². The van der Waals surface area contributed by atoms with Gasteiger partial charge < -0.3 is 14.6 Å². The number of hydrogen-bond donors (Lipinski definition) is 1. The zero-order chi connectivity index (χ0) is 19.3. The molecule has 1 atom stereocenters. The maximum atomic E-state index is 13.4. The van der Waals surface area contributed by atoms with E-state index in [0.717, 1.165) is 48.8 Å². The summed E-state index contributed by atoms with van der Waals surface area (Å²) in [5.74, 6) is 1.50. The number of nitrogens with one attached hydrogen (secondary N) is 1. The summed E-state index contributed by atoms with van der Waals surface area (Å²) >= 11 is 1.44. The molecule has 6 nitrogen and oxygen atoms in total. The topological polar surface area (TPSA) is 71.3 Å². The number of aryl methyl sites for hydroxylation is 1. The molecular formula is C21H25ClN4O2S. The van der Waals surface area contributed by atoms with E-state index in [9.17, 15) is 4.79 Å². The van der Waals surface area contributed by atoms with Crippen LogP contribution in [0.5, 0.6) is 0 Å². The second kappa shape index (κ2) is 10.0. The van der Waals surface area contributed by atoms with Gasteiger partial charge in [-0.15, -0.1) is 23.7 Å². The fourth-order valence-electron chi connectivity index (χ4n) is 3.53. The van der Waals surface area contributed by atoms with Crippen molar-refractivity contribution in [3.8, 4) is 10.8 Å². The molecule has 0 aliphatic carbocycles. The molecule has 154 valence electrons. The van der Waals surface area contributed by atoms with Crippen LogP contribution < -0.4 is 5.32 Å². The Hall–Kier alpha value is -2.22. The summed E-state index contributed by atoms with van der Waals surface area (Å²) in [6.45, 7) is 4.32. The van der Waals surface area contributed by atoms with Crippen molar-refractivity contribution in [1.82, 2.24) is 20.2 Å². The van der Waals surface area contributed by atoms with Gasteiger partial charge in [0.25, 0.3) is 5.91 Å². The van der Waals surface area contributed by atoms with Crippen LogP contribution in [0.15, 0.2) is 46.3 Å². The van der Waals surface area contributed by atoms with Crippen molar-refractivity contribution in [3.63, 3.8) is 0 Å². The summed E-state index contributed by atoms with van der Waals surface area (Å²) in [6, 6.07) is 9.80. The Morgan fingerprint density at radius 1 is 1.28 bits per heavy atom. The van der Waals surface area contributed by atoms with Crippen LogP contribution in [-0.4, -0.2) is 39.9 Å². The van der Waals surface area contributed by atoms with Crippen molar-refractivity contribution < 1.29 is 9.21 Å². The van der Waals surface area contributed by atoms with E-state index in [-0.39, 0.29) is 24.4 Å². The van der Waals surface area contributed by atoms with E-state index in [1.165, 1.54) is 11.3 Å². The Bertz CT molecular complexity index is 920. The van der Waals surface area contributed by atoms with E-state index >= 15 is 0 Å². The third-order valence-corrected chi connectivity index (χ3v) is 5.84. The molecule has 4 rings (SSSR count). The van der Waals surface area contributed by atoms with Crippen LogP contribution in [0.3, 0.4) is 0 Å². The zero-order valence-electron chi connectivity index (χ0n) is 16.3. The first-order chi connectivity index (χ1) is 13.7. The molecule has 0 bridgehead atoms. The van der Waals surface area contributed by atoms with Crippen LogP contribution in [-0.2, 0) is 6.54 Å². The van der Waals surface area contributed by atoms with Gasteiger partial charge in [-0.25, -0.2) is 4.98 Å². The van der Waals surface area contributed by atoms with Gasteiger partial charge in [-0.2, -0.15) is 0 Å². The molecule has 3 aromatic rings. The second-order valence-corrected chi connectivity index (χ2v) is 7.90. The Kier molecular flexibility index (Phi) is 7.41. The van der Waals surface area contributed by atoms with Crippen LogP contribution >= 0.6 is 23.7 Å². The van der Waals surface area contributed by atoms with Crippen LogP contribution in [0.1, 0.15) is 41.2 Å². The van der Waals surface area contributed by atoms with Crippen molar-refractivity contribution in [2.45, 2.75) is 38.8 Å². The minimum Gasteiger partial charge on any atom is -0.459 e. The summed E-state index contributed by atoms with van der Waals surface area (Å²) in [5.41, 5.74) is 1.37. The van der Waals surface area contributed by atoms with E-state index in [2.05, 4.69) is 15.3 Å². The van der Waals surface area contributed by atoms with Crippen molar-refractivity contribution in [3.05, 3.63) is 59.1 Å². The number of furan rings is 1. The Morgan fingerprint density at radius 2 is 2.17 bits per heavy atom. The molecule has 8 heteroatoms. The summed E-state index contributed by atoms with van der Waals surface area (Å²) in [4.78, 5) is 24.3. The number of thiazole rings is 1. The van der Waals surface area contributed by atoms with Crippen molar-refractivity contribution >= 4 is 29.7 Å². The molecule has 1 aliphatic rings. The van der Waals surface area contributed by atoms with Crippen LogP contribution in [0.2, 0.25) is 0 Å². The molecule has 0 aromatic carbocycles. The molecule has 0 spiro atoms. The van der Waals surface area contributed by atoms with E-state index < -0.39 is 0 Å². The largest absolute Gasteiger partial charge is 0.459 e. The van der Waals surface area contributed by atoms with E-state index in [1.54, 1.807) is 6.20 Å². The van der Waals surface area contributed by atoms with Gasteiger partial charge in [0, 0.05) is 17.6 Å². The lowest BCUT2D eigenvalue weighted by Gasteiger charge is -2.30. The van der Waals surface area contributed by atoms with Crippen molar-refractivity contribution in [1.29, 1.82) is 0 Å². The van der Waals surface area contributed by atoms with Gasteiger partial charge in [0.05, 0.1) is 12.2 Å². The number of halogens is 1. The van der Waals surface area contributed by atoms with Gasteiger partial charge in [0.1, 0.15) is 11.5 Å². The van der Waals surface area contributed by atoms with E-state index in [4.69, 9.17) is 4.42 Å². The first kappa shape index (κ1) is 21.5. The van der Waals surface area contributed by atoms with Gasteiger partial charge >= 0.3 is 0 Å². The molecule has 1 N–H and O–H groups in total. The SMILES string of the molecule is Cc1ccc(-c2nc(C(=O)N(Cc3ccccn3)C3CCCNCC3)cs2)o1.Cl. The number of carbonyl (C=O) groups is 1. The molecule has 4 heterocycles. The van der Waals surface area contributed by atoms with Gasteiger partial charge in [0.2, 0.25) is 0 Å². The monoisotopic (exact) mass is 432 g/mol. The number of rotatable bonds is 5. The quantitative estimate of drug-likeness (QED) is 0.650. The summed E-state index contributed by atoms with van der Waals surface area (Å²) in [7, 11) is 0. The average Bonchev–Trinajstić information content (AvgIpc) is 3.29. The summed E-state index contributed by atoms with van der Waals surface area (Å²) in [6.07, 6.45) is 4.75. The van der Waals surface area contributed by atoms with E-state index in [1.807, 2.05) is 47.5 Å². The molecule has 1 amide bonds. The number of hydrogen-bond acceptors (Lipinski definition) is 6. The van der Waals surface area contributed by atoms with Crippen LogP contribution in [0, 0.1) is 6.92 Å². The van der Waals surface area contributed by atoms with Crippen LogP contribution in [0.25, 0.3) is 10.8 Å². The molecule has 29 heavy (non-hydrogen) atoms. The Morgan fingerprint density at radius 3 is 2.93 bits per heavy atom. The first-order valence-electron chi connectivity index (χ1n) is 9.64. The van der Waals surface area contributed by atoms with Crippen LogP contribution in [0.4, 0.5) is 0 Å². The maximum Gasteiger partial charge on any atom is 0.273 e. The maximum absolute atomic E-state index is 13.4. The second-order valence-electron chi connectivity index (χ2n) is 7.04. The highest BCUT2D eigenvalue weighted by molar-refractivity contribution is 7.13. The summed E-state index contributed by atoms with van der Waals surface area (Å²) in [5, 5.41) is 5.99. The lowest BCUT2D eigenvalue weighted by atomic mass is 10.1. The molecule has 1 fully saturated rings. The molecule has 0 radical (unpaired) electrons. The fourth-order valence-corrected chi connectivity index (χ4v) is 4.28. The predicted octanol–water partition coefficient (Wildman–Crippen LogP) is 4.31. The lowest BCUT2D eigenvalue weighted by Crippen LogP contribution is -2.40. The van der Waals surface area contributed by atoms with Crippen molar-refractivity contribution in [2.24, 2.45) is 0 Å². The van der Waals surface area contributed by atoms with Gasteiger partial charge in [0.15, 0.2) is 10.8 Å². The standard InChI is InChI=1S/C21H24N4O2S.ClH/c1-15-7-8-19(27-15)20-24-18(14-28-20)21(26)25(13-16-5-2-3-11-23-16)17-6-4-10-22-12-9-17;/h2-3,5,7-8,11,14,17,22H,4,6,9-10,12-13H2,1H3;1H. The Balaban J connectivity index is 0.00000240. The van der Waals surface area contributed by atoms with E-state index in [0.29, 0.717) is 18.0 Å². The smallest absolute Gasteiger partial charge is 0.273 e. The molecule has 3 aromatic heterocycles. The van der Waals surface area contributed by atoms with Gasteiger partial charge in [-0.05, 0) is 63.5 Å². The number of carbonyl (C=O) groups excluding carboxylic acids is 1. The number of pyridine rings is 1. The van der Waals surface area contributed by atoms with Crippen molar-refractivity contribution in [2.75, 3.05) is 13.1 Å². The average molecular weight is 433 g/mol. The highest BCUT2D eigenvalue weighted by Crippen LogP contribution is 2.27. The fraction of sp³-hybridized carbons (Fsp3) is 0.381. The minimum absolute atomic E-state index is 0. The lowest BCUT2D eigenvalue weighted by molar-refractivity contribution is 0.0637. The molecule has 1 aliphatic heterocycles. The first-order valence-corrected chi connectivity index (χ1v) is 10.5. The highest BCUT2D eigenvalue weighted by Gasteiger charge is 2.28. The third-order valence-electron chi connectivity index (χ3n) is 4.98. The third kappa shape index (κ3) is 5.23. The van der Waals surface area contributed by atoms with Gasteiger partial charge in [-0.3, -0.25) is 9.78 Å². The van der Waals surface area contributed by atoms with Gasteiger partial charge in [-0.1, -0.05) is 6.07 Å².